The summed E-state index contributed by atoms with van der Waals surface area (Å²) in [5.74, 6) is 0.889. The lowest BCUT2D eigenvalue weighted by Gasteiger charge is -2.32. The first-order valence-electron chi connectivity index (χ1n) is 10.7. The summed E-state index contributed by atoms with van der Waals surface area (Å²) in [6, 6.07) is 14.7. The minimum absolute atomic E-state index is 0.0832. The number of aryl methyl sites for hydroxylation is 1. The lowest BCUT2D eigenvalue weighted by atomic mass is 10.2. The van der Waals surface area contributed by atoms with Gasteiger partial charge in [-0.2, -0.15) is 4.52 Å². The van der Waals surface area contributed by atoms with Gasteiger partial charge in [0, 0.05) is 10.9 Å². The molecule has 32 heavy (non-hydrogen) atoms. The SMILES string of the molecule is Cc1nc2c3ccccc3nc(SCC(=O)N3CC[NH+](Cc4ccccc4F)CC3)n2n1. The molecular weight excluding hydrogens is 427 g/mol. The first-order chi connectivity index (χ1) is 15.6. The minimum Gasteiger partial charge on any atom is -0.331 e. The van der Waals surface area contributed by atoms with E-state index in [1.807, 2.05) is 48.2 Å². The zero-order valence-electron chi connectivity index (χ0n) is 17.8. The number of nitrogens with one attached hydrogen (secondary N) is 1. The Hall–Kier alpha value is -3.04. The average molecular weight is 452 g/mol. The highest BCUT2D eigenvalue weighted by Crippen LogP contribution is 2.24. The molecule has 1 amide bonds. The summed E-state index contributed by atoms with van der Waals surface area (Å²) in [6.45, 7) is 5.47. The van der Waals surface area contributed by atoms with Crippen molar-refractivity contribution in [3.05, 3.63) is 65.7 Å². The van der Waals surface area contributed by atoms with Crippen LogP contribution in [0.1, 0.15) is 11.4 Å². The normalized spacial score (nSPS) is 15.0. The van der Waals surface area contributed by atoms with Gasteiger partial charge in [0.25, 0.3) is 0 Å². The van der Waals surface area contributed by atoms with Gasteiger partial charge in [-0.1, -0.05) is 42.1 Å². The standard InChI is InChI=1S/C23H23FN6OS/c1-16-25-22-18-7-3-5-9-20(18)26-23(30(22)27-16)32-15-21(31)29-12-10-28(11-13-29)14-17-6-2-4-8-19(17)24/h2-9H,10-15H2,1H3/p+1. The molecule has 0 radical (unpaired) electrons. The van der Waals surface area contributed by atoms with E-state index in [0.717, 1.165) is 35.2 Å². The molecule has 0 atom stereocenters. The van der Waals surface area contributed by atoms with E-state index in [4.69, 9.17) is 4.98 Å². The van der Waals surface area contributed by atoms with Gasteiger partial charge in [-0.25, -0.2) is 14.4 Å². The third-order valence-electron chi connectivity index (χ3n) is 5.80. The van der Waals surface area contributed by atoms with Crippen LogP contribution >= 0.6 is 11.8 Å². The van der Waals surface area contributed by atoms with E-state index in [1.54, 1.807) is 10.6 Å². The van der Waals surface area contributed by atoms with Crippen molar-refractivity contribution in [2.24, 2.45) is 0 Å². The maximum atomic E-state index is 13.9. The number of halogens is 1. The monoisotopic (exact) mass is 451 g/mol. The molecule has 4 aromatic rings. The maximum Gasteiger partial charge on any atom is 0.233 e. The summed E-state index contributed by atoms with van der Waals surface area (Å²) in [4.78, 5) is 25.3. The Morgan fingerprint density at radius 1 is 1.09 bits per heavy atom. The summed E-state index contributed by atoms with van der Waals surface area (Å²) >= 11 is 1.39. The van der Waals surface area contributed by atoms with Gasteiger partial charge in [-0.15, -0.1) is 5.10 Å². The first kappa shape index (κ1) is 20.8. The second kappa shape index (κ2) is 8.84. The van der Waals surface area contributed by atoms with Crippen LogP contribution in [0, 0.1) is 12.7 Å². The molecule has 0 saturated carbocycles. The van der Waals surface area contributed by atoms with Crippen molar-refractivity contribution >= 4 is 34.2 Å². The summed E-state index contributed by atoms with van der Waals surface area (Å²) in [5.41, 5.74) is 2.33. The number of para-hydroxylation sites is 1. The number of aromatic nitrogens is 4. The number of amides is 1. The topological polar surface area (TPSA) is 67.8 Å². The highest BCUT2D eigenvalue weighted by Gasteiger charge is 2.25. The number of quaternary nitrogens is 1. The van der Waals surface area contributed by atoms with E-state index in [2.05, 4.69) is 10.1 Å². The van der Waals surface area contributed by atoms with Crippen LogP contribution in [0.5, 0.6) is 0 Å². The number of carbonyl (C=O) groups excluding carboxylic acids is 1. The quantitative estimate of drug-likeness (QED) is 0.370. The van der Waals surface area contributed by atoms with Crippen LogP contribution in [0.15, 0.2) is 53.7 Å². The third-order valence-corrected chi connectivity index (χ3v) is 6.72. The van der Waals surface area contributed by atoms with Crippen molar-refractivity contribution < 1.29 is 14.1 Å². The molecule has 1 fully saturated rings. The van der Waals surface area contributed by atoms with Crippen LogP contribution in [-0.4, -0.2) is 62.3 Å². The molecule has 1 N–H and O–H groups in total. The van der Waals surface area contributed by atoms with E-state index in [0.29, 0.717) is 36.4 Å². The van der Waals surface area contributed by atoms with E-state index in [1.165, 1.54) is 22.7 Å². The Morgan fingerprint density at radius 3 is 2.66 bits per heavy atom. The highest BCUT2D eigenvalue weighted by molar-refractivity contribution is 7.99. The van der Waals surface area contributed by atoms with Gasteiger partial charge in [0.1, 0.15) is 18.2 Å². The summed E-state index contributed by atoms with van der Waals surface area (Å²) in [7, 11) is 0. The Bertz CT molecular complexity index is 1280. The van der Waals surface area contributed by atoms with Crippen LogP contribution in [0.2, 0.25) is 0 Å². The Balaban J connectivity index is 1.23. The lowest BCUT2D eigenvalue weighted by Crippen LogP contribution is -3.13. The number of rotatable bonds is 5. The molecule has 2 aromatic carbocycles. The van der Waals surface area contributed by atoms with Gasteiger partial charge < -0.3 is 9.80 Å². The van der Waals surface area contributed by atoms with Gasteiger partial charge in [-0.05, 0) is 25.1 Å². The molecule has 0 bridgehead atoms. The molecule has 0 spiro atoms. The van der Waals surface area contributed by atoms with E-state index >= 15 is 0 Å². The second-order valence-electron chi connectivity index (χ2n) is 7.99. The maximum absolute atomic E-state index is 13.9. The minimum atomic E-state index is -0.160. The summed E-state index contributed by atoms with van der Waals surface area (Å²) in [5, 5.41) is 6.08. The van der Waals surface area contributed by atoms with Crippen molar-refractivity contribution in [1.82, 2.24) is 24.5 Å². The number of fused-ring (bicyclic) bond motifs is 3. The van der Waals surface area contributed by atoms with Crippen LogP contribution in [0.25, 0.3) is 16.6 Å². The fourth-order valence-corrected chi connectivity index (χ4v) is 4.95. The number of hydrogen-bond donors (Lipinski definition) is 1. The molecule has 2 aromatic heterocycles. The number of piperazine rings is 1. The van der Waals surface area contributed by atoms with E-state index in [9.17, 15) is 9.18 Å². The van der Waals surface area contributed by atoms with Gasteiger partial charge in [0.05, 0.1) is 37.4 Å². The van der Waals surface area contributed by atoms with E-state index in [-0.39, 0.29) is 11.7 Å². The van der Waals surface area contributed by atoms with Crippen LogP contribution in [0.4, 0.5) is 4.39 Å². The van der Waals surface area contributed by atoms with Crippen LogP contribution in [-0.2, 0) is 11.3 Å². The molecule has 1 aliphatic rings. The van der Waals surface area contributed by atoms with Crippen molar-refractivity contribution in [3.8, 4) is 0 Å². The van der Waals surface area contributed by atoms with Crippen molar-refractivity contribution in [1.29, 1.82) is 0 Å². The predicted octanol–water partition coefficient (Wildman–Crippen LogP) is 1.74. The fourth-order valence-electron chi connectivity index (χ4n) is 4.10. The number of benzene rings is 2. The van der Waals surface area contributed by atoms with Gasteiger partial charge in [-0.3, -0.25) is 4.79 Å². The predicted molar refractivity (Wildman–Crippen MR) is 121 cm³/mol. The van der Waals surface area contributed by atoms with Crippen LogP contribution in [0.3, 0.4) is 0 Å². The number of nitrogens with zero attached hydrogens (tertiary/aromatic N) is 5. The molecule has 1 aliphatic heterocycles. The van der Waals surface area contributed by atoms with Gasteiger partial charge >= 0.3 is 0 Å². The average Bonchev–Trinajstić information content (AvgIpc) is 3.21. The molecule has 0 aliphatic carbocycles. The van der Waals surface area contributed by atoms with Crippen LogP contribution < -0.4 is 4.90 Å². The Morgan fingerprint density at radius 2 is 1.84 bits per heavy atom. The summed E-state index contributed by atoms with van der Waals surface area (Å²) in [6.07, 6.45) is 0. The zero-order valence-corrected chi connectivity index (χ0v) is 18.6. The third kappa shape index (κ3) is 4.18. The molecule has 5 rings (SSSR count). The molecular formula is C23H24FN6OS+. The molecule has 7 nitrogen and oxygen atoms in total. The highest BCUT2D eigenvalue weighted by atomic mass is 32.2. The largest absolute Gasteiger partial charge is 0.331 e. The smallest absolute Gasteiger partial charge is 0.233 e. The molecule has 3 heterocycles. The van der Waals surface area contributed by atoms with Crippen molar-refractivity contribution in [2.75, 3.05) is 31.9 Å². The Labute approximate surface area is 189 Å². The van der Waals surface area contributed by atoms with E-state index < -0.39 is 0 Å². The lowest BCUT2D eigenvalue weighted by molar-refractivity contribution is -0.917. The molecule has 9 heteroatoms. The molecule has 0 unspecified atom stereocenters. The zero-order chi connectivity index (χ0) is 22.1. The van der Waals surface area contributed by atoms with Gasteiger partial charge in [0.15, 0.2) is 10.8 Å². The first-order valence-corrected chi connectivity index (χ1v) is 11.7. The number of hydrogen-bond acceptors (Lipinski definition) is 5. The van der Waals surface area contributed by atoms with Crippen molar-refractivity contribution in [2.45, 2.75) is 18.6 Å². The molecule has 164 valence electrons. The number of carbonyl (C=O) groups is 1. The fraction of sp³-hybridized carbons (Fsp3) is 0.304. The second-order valence-corrected chi connectivity index (χ2v) is 8.94. The summed E-state index contributed by atoms with van der Waals surface area (Å²) < 4.78 is 15.7. The van der Waals surface area contributed by atoms with Crippen molar-refractivity contribution in [3.63, 3.8) is 0 Å². The van der Waals surface area contributed by atoms with Gasteiger partial charge in [0.2, 0.25) is 5.91 Å². The Kier molecular flexibility index (Phi) is 5.75. The molecule has 1 saturated heterocycles. The number of thioether (sulfide) groups is 1.